The second-order valence-corrected chi connectivity index (χ2v) is 7.32. The first kappa shape index (κ1) is 19.6. The molecule has 0 fully saturated rings. The van der Waals surface area contributed by atoms with E-state index in [0.717, 1.165) is 27.9 Å². The minimum Gasteiger partial charge on any atom is -0.384 e. The molecule has 144 valence electrons. The molecule has 3 N–H and O–H groups in total. The number of benzene rings is 3. The number of aryl methyl sites for hydroxylation is 2. The monoisotopic (exact) mass is 374 g/mol. The zero-order valence-electron chi connectivity index (χ0n) is 16.5. The summed E-state index contributed by atoms with van der Waals surface area (Å²) in [5.41, 5.74) is 4.80. The molecular formula is C24H26N2O2. The summed E-state index contributed by atoms with van der Waals surface area (Å²) in [5.74, 6) is 0. The molecular weight excluding hydrogens is 348 g/mol. The largest absolute Gasteiger partial charge is 0.384 e. The zero-order chi connectivity index (χ0) is 20.1. The van der Waals surface area contributed by atoms with Crippen molar-refractivity contribution in [3.05, 3.63) is 89.5 Å². The molecule has 3 aromatic carbocycles. The van der Waals surface area contributed by atoms with Gasteiger partial charge in [0.15, 0.2) is 0 Å². The molecule has 28 heavy (non-hydrogen) atoms. The Bertz CT molecular complexity index is 948. The van der Waals surface area contributed by atoms with E-state index in [1.165, 1.54) is 5.56 Å². The highest BCUT2D eigenvalue weighted by molar-refractivity contribution is 5.89. The van der Waals surface area contributed by atoms with E-state index in [2.05, 4.69) is 10.6 Å². The van der Waals surface area contributed by atoms with Gasteiger partial charge in [-0.2, -0.15) is 0 Å². The Balaban J connectivity index is 1.61. The first-order chi connectivity index (χ1) is 13.3. The molecule has 2 amide bonds. The number of nitrogens with one attached hydrogen (secondary N) is 2. The normalized spacial score (nSPS) is 12.9. The predicted molar refractivity (Wildman–Crippen MR) is 114 cm³/mol. The highest BCUT2D eigenvalue weighted by Gasteiger charge is 2.23. The summed E-state index contributed by atoms with van der Waals surface area (Å²) in [5, 5.41) is 16.4. The van der Waals surface area contributed by atoms with Crippen molar-refractivity contribution in [1.29, 1.82) is 0 Å². The van der Waals surface area contributed by atoms with Crippen molar-refractivity contribution in [2.75, 3.05) is 11.9 Å². The Labute approximate surface area is 166 Å². The topological polar surface area (TPSA) is 61.4 Å². The number of carbonyl (C=O) groups is 1. The third kappa shape index (κ3) is 4.78. The molecule has 4 heteroatoms. The minimum atomic E-state index is -1.17. The summed E-state index contributed by atoms with van der Waals surface area (Å²) in [4.78, 5) is 12.2. The fraction of sp³-hybridized carbons (Fsp3) is 0.208. The van der Waals surface area contributed by atoms with Crippen molar-refractivity contribution >= 4 is 11.7 Å². The fourth-order valence-corrected chi connectivity index (χ4v) is 3.00. The van der Waals surface area contributed by atoms with Gasteiger partial charge in [-0.25, -0.2) is 4.79 Å². The molecule has 0 aromatic heterocycles. The number of anilines is 1. The summed E-state index contributed by atoms with van der Waals surface area (Å²) >= 11 is 0. The minimum absolute atomic E-state index is 0.106. The van der Waals surface area contributed by atoms with Gasteiger partial charge >= 0.3 is 6.03 Å². The second-order valence-electron chi connectivity index (χ2n) is 7.32. The molecule has 0 spiro atoms. The van der Waals surface area contributed by atoms with Gasteiger partial charge in [-0.1, -0.05) is 60.7 Å². The van der Waals surface area contributed by atoms with Crippen molar-refractivity contribution < 1.29 is 9.90 Å². The van der Waals surface area contributed by atoms with E-state index in [9.17, 15) is 9.90 Å². The van der Waals surface area contributed by atoms with E-state index in [0.29, 0.717) is 0 Å². The Kier molecular flexibility index (Phi) is 5.81. The van der Waals surface area contributed by atoms with Crippen LogP contribution in [0.1, 0.15) is 23.6 Å². The van der Waals surface area contributed by atoms with E-state index in [1.54, 1.807) is 6.92 Å². The molecule has 1 unspecified atom stereocenters. The summed E-state index contributed by atoms with van der Waals surface area (Å²) in [6.07, 6.45) is 0. The quantitative estimate of drug-likeness (QED) is 0.588. The lowest BCUT2D eigenvalue weighted by Crippen LogP contribution is -2.40. The molecule has 0 bridgehead atoms. The van der Waals surface area contributed by atoms with Gasteiger partial charge in [-0.15, -0.1) is 0 Å². The number of amides is 2. The van der Waals surface area contributed by atoms with Gasteiger partial charge in [-0.05, 0) is 60.7 Å². The highest BCUT2D eigenvalue weighted by atomic mass is 16.3. The molecule has 0 radical (unpaired) electrons. The lowest BCUT2D eigenvalue weighted by molar-refractivity contribution is 0.0600. The van der Waals surface area contributed by atoms with Crippen LogP contribution in [0.3, 0.4) is 0 Å². The number of rotatable bonds is 5. The first-order valence-corrected chi connectivity index (χ1v) is 9.35. The van der Waals surface area contributed by atoms with E-state index in [4.69, 9.17) is 0 Å². The Morgan fingerprint density at radius 2 is 1.54 bits per heavy atom. The van der Waals surface area contributed by atoms with Crippen LogP contribution in [-0.4, -0.2) is 17.7 Å². The zero-order valence-corrected chi connectivity index (χ0v) is 16.5. The lowest BCUT2D eigenvalue weighted by Gasteiger charge is -2.24. The van der Waals surface area contributed by atoms with Gasteiger partial charge in [0.2, 0.25) is 0 Å². The molecule has 0 aliphatic carbocycles. The molecule has 4 nitrogen and oxygen atoms in total. The van der Waals surface area contributed by atoms with E-state index >= 15 is 0 Å². The van der Waals surface area contributed by atoms with E-state index in [1.807, 2.05) is 86.6 Å². The first-order valence-electron chi connectivity index (χ1n) is 9.35. The summed E-state index contributed by atoms with van der Waals surface area (Å²) < 4.78 is 0. The van der Waals surface area contributed by atoms with Gasteiger partial charge in [0, 0.05) is 5.69 Å². The standard InChI is InChI=1S/C24H26N2O2/c1-17-9-14-22(15-18(17)2)26-23(27)25-16-24(3,28)21-12-10-20(11-13-21)19-7-5-4-6-8-19/h4-15,28H,16H2,1-3H3,(H2,25,26,27). The van der Waals surface area contributed by atoms with Crippen LogP contribution in [0.25, 0.3) is 11.1 Å². The Morgan fingerprint density at radius 1 is 0.893 bits per heavy atom. The molecule has 0 aliphatic heterocycles. The smallest absolute Gasteiger partial charge is 0.319 e. The van der Waals surface area contributed by atoms with Crippen LogP contribution < -0.4 is 10.6 Å². The average molecular weight is 374 g/mol. The summed E-state index contributed by atoms with van der Waals surface area (Å²) in [6.45, 7) is 5.83. The second kappa shape index (κ2) is 8.28. The fourth-order valence-electron chi connectivity index (χ4n) is 3.00. The lowest BCUT2D eigenvalue weighted by atomic mass is 9.94. The number of carbonyl (C=O) groups excluding carboxylic acids is 1. The van der Waals surface area contributed by atoms with Crippen molar-refractivity contribution in [1.82, 2.24) is 5.32 Å². The predicted octanol–water partition coefficient (Wildman–Crippen LogP) is 5.00. The van der Waals surface area contributed by atoms with Crippen molar-refractivity contribution in [2.24, 2.45) is 0 Å². The van der Waals surface area contributed by atoms with E-state index in [-0.39, 0.29) is 12.6 Å². The van der Waals surface area contributed by atoms with Gasteiger partial charge in [0.25, 0.3) is 0 Å². The Morgan fingerprint density at radius 3 is 2.18 bits per heavy atom. The number of hydrogen-bond acceptors (Lipinski definition) is 2. The maximum Gasteiger partial charge on any atom is 0.319 e. The molecule has 0 saturated heterocycles. The van der Waals surface area contributed by atoms with Crippen molar-refractivity contribution in [2.45, 2.75) is 26.4 Å². The van der Waals surface area contributed by atoms with Crippen molar-refractivity contribution in [3.8, 4) is 11.1 Å². The third-order valence-electron chi connectivity index (χ3n) is 4.97. The van der Waals surface area contributed by atoms with Crippen LogP contribution in [0.2, 0.25) is 0 Å². The van der Waals surface area contributed by atoms with Gasteiger partial charge in [0.1, 0.15) is 5.60 Å². The average Bonchev–Trinajstić information content (AvgIpc) is 2.70. The number of aliphatic hydroxyl groups is 1. The molecule has 1 atom stereocenters. The van der Waals surface area contributed by atoms with Crippen molar-refractivity contribution in [3.63, 3.8) is 0 Å². The summed E-state index contributed by atoms with van der Waals surface area (Å²) in [6, 6.07) is 23.2. The molecule has 3 aromatic rings. The SMILES string of the molecule is Cc1ccc(NC(=O)NCC(C)(O)c2ccc(-c3ccccc3)cc2)cc1C. The van der Waals surface area contributed by atoms with Gasteiger partial charge < -0.3 is 15.7 Å². The summed E-state index contributed by atoms with van der Waals surface area (Å²) in [7, 11) is 0. The molecule has 0 saturated carbocycles. The van der Waals surface area contributed by atoms with Crippen LogP contribution in [0, 0.1) is 13.8 Å². The van der Waals surface area contributed by atoms with Crippen LogP contribution in [-0.2, 0) is 5.60 Å². The maximum absolute atomic E-state index is 12.2. The van der Waals surface area contributed by atoms with Crippen LogP contribution >= 0.6 is 0 Å². The van der Waals surface area contributed by atoms with Gasteiger partial charge in [-0.3, -0.25) is 0 Å². The third-order valence-corrected chi connectivity index (χ3v) is 4.97. The molecule has 0 aliphatic rings. The van der Waals surface area contributed by atoms with E-state index < -0.39 is 5.60 Å². The van der Waals surface area contributed by atoms with Crippen LogP contribution in [0.4, 0.5) is 10.5 Å². The molecule has 3 rings (SSSR count). The van der Waals surface area contributed by atoms with Crippen LogP contribution in [0.5, 0.6) is 0 Å². The molecule has 0 heterocycles. The Hall–Kier alpha value is -3.11. The number of urea groups is 1. The van der Waals surface area contributed by atoms with Crippen LogP contribution in [0.15, 0.2) is 72.8 Å². The number of hydrogen-bond donors (Lipinski definition) is 3. The maximum atomic E-state index is 12.2. The highest BCUT2D eigenvalue weighted by Crippen LogP contribution is 2.25. The van der Waals surface area contributed by atoms with Gasteiger partial charge in [0.05, 0.1) is 6.54 Å².